The van der Waals surface area contributed by atoms with E-state index in [4.69, 9.17) is 4.74 Å². The number of benzene rings is 2. The van der Waals surface area contributed by atoms with Crippen LogP contribution in [0.2, 0.25) is 0 Å². The van der Waals surface area contributed by atoms with E-state index in [0.29, 0.717) is 23.7 Å². The van der Waals surface area contributed by atoms with Crippen molar-refractivity contribution in [2.24, 2.45) is 0 Å². The summed E-state index contributed by atoms with van der Waals surface area (Å²) in [5.41, 5.74) is 4.07. The van der Waals surface area contributed by atoms with Crippen molar-refractivity contribution >= 4 is 22.9 Å². The van der Waals surface area contributed by atoms with Gasteiger partial charge in [0, 0.05) is 11.8 Å². The zero-order valence-corrected chi connectivity index (χ0v) is 16.9. The SMILES string of the molecule is Cc1ccccc1Cn1cc(NC(=O)c2cc(COc3ccccc3)cs2)cn1. The van der Waals surface area contributed by atoms with Crippen molar-refractivity contribution in [3.05, 3.63) is 100 Å². The first kappa shape index (κ1) is 19.0. The Hall–Kier alpha value is -3.38. The number of amides is 1. The highest BCUT2D eigenvalue weighted by Gasteiger charge is 2.11. The van der Waals surface area contributed by atoms with Gasteiger partial charge in [0.1, 0.15) is 12.4 Å². The van der Waals surface area contributed by atoms with Crippen molar-refractivity contribution in [2.75, 3.05) is 5.32 Å². The average Bonchev–Trinajstić information content (AvgIpc) is 3.39. The Balaban J connectivity index is 1.34. The highest BCUT2D eigenvalue weighted by atomic mass is 32.1. The molecular weight excluding hydrogens is 382 g/mol. The van der Waals surface area contributed by atoms with Crippen LogP contribution in [0.25, 0.3) is 0 Å². The van der Waals surface area contributed by atoms with E-state index < -0.39 is 0 Å². The third-order valence-corrected chi connectivity index (χ3v) is 5.49. The number of aromatic nitrogens is 2. The summed E-state index contributed by atoms with van der Waals surface area (Å²) in [4.78, 5) is 13.2. The molecular formula is C23H21N3O2S. The highest BCUT2D eigenvalue weighted by Crippen LogP contribution is 2.19. The van der Waals surface area contributed by atoms with Gasteiger partial charge in [-0.1, -0.05) is 42.5 Å². The number of thiophene rings is 1. The summed E-state index contributed by atoms with van der Waals surface area (Å²) in [5, 5.41) is 9.21. The lowest BCUT2D eigenvalue weighted by atomic mass is 10.1. The van der Waals surface area contributed by atoms with Crippen LogP contribution in [0.4, 0.5) is 5.69 Å². The van der Waals surface area contributed by atoms with Crippen molar-refractivity contribution < 1.29 is 9.53 Å². The molecule has 5 nitrogen and oxygen atoms in total. The quantitative estimate of drug-likeness (QED) is 0.465. The molecule has 0 spiro atoms. The second-order valence-electron chi connectivity index (χ2n) is 6.73. The van der Waals surface area contributed by atoms with Crippen molar-refractivity contribution in [1.82, 2.24) is 9.78 Å². The second kappa shape index (κ2) is 8.75. The third-order valence-electron chi connectivity index (χ3n) is 4.51. The van der Waals surface area contributed by atoms with Crippen LogP contribution in [-0.4, -0.2) is 15.7 Å². The van der Waals surface area contributed by atoms with E-state index in [1.165, 1.54) is 22.5 Å². The molecule has 0 saturated heterocycles. The van der Waals surface area contributed by atoms with E-state index in [9.17, 15) is 4.79 Å². The number of ether oxygens (including phenoxy) is 1. The molecule has 0 saturated carbocycles. The molecule has 4 rings (SSSR count). The zero-order chi connectivity index (χ0) is 20.1. The van der Waals surface area contributed by atoms with Crippen molar-refractivity contribution in [1.29, 1.82) is 0 Å². The van der Waals surface area contributed by atoms with Crippen LogP contribution >= 0.6 is 11.3 Å². The van der Waals surface area contributed by atoms with Crippen molar-refractivity contribution in [3.63, 3.8) is 0 Å². The molecule has 1 amide bonds. The van der Waals surface area contributed by atoms with Crippen LogP contribution < -0.4 is 10.1 Å². The summed E-state index contributed by atoms with van der Waals surface area (Å²) >= 11 is 1.40. The van der Waals surface area contributed by atoms with E-state index in [2.05, 4.69) is 29.5 Å². The first-order valence-corrected chi connectivity index (χ1v) is 10.2. The fourth-order valence-electron chi connectivity index (χ4n) is 2.92. The van der Waals surface area contributed by atoms with Gasteiger partial charge in [0.15, 0.2) is 0 Å². The molecule has 0 aliphatic carbocycles. The largest absolute Gasteiger partial charge is 0.489 e. The minimum Gasteiger partial charge on any atom is -0.489 e. The molecule has 0 atom stereocenters. The molecule has 4 aromatic rings. The molecule has 0 aliphatic rings. The molecule has 2 aromatic carbocycles. The van der Waals surface area contributed by atoms with Crippen LogP contribution in [0.3, 0.4) is 0 Å². The highest BCUT2D eigenvalue weighted by molar-refractivity contribution is 7.12. The molecule has 0 aliphatic heterocycles. The molecule has 0 unspecified atom stereocenters. The number of carbonyl (C=O) groups is 1. The summed E-state index contributed by atoms with van der Waals surface area (Å²) in [5.74, 6) is 0.669. The average molecular weight is 404 g/mol. The number of rotatable bonds is 7. The monoisotopic (exact) mass is 403 g/mol. The summed E-state index contributed by atoms with van der Waals surface area (Å²) in [7, 11) is 0. The molecule has 0 bridgehead atoms. The number of nitrogens with zero attached hydrogens (tertiary/aromatic N) is 2. The lowest BCUT2D eigenvalue weighted by Crippen LogP contribution is -2.09. The normalized spacial score (nSPS) is 10.7. The van der Waals surface area contributed by atoms with Gasteiger partial charge in [-0.05, 0) is 41.6 Å². The Bertz CT molecular complexity index is 1100. The molecule has 0 fully saturated rings. The molecule has 0 radical (unpaired) electrons. The molecule has 2 heterocycles. The van der Waals surface area contributed by atoms with Crippen LogP contribution in [-0.2, 0) is 13.2 Å². The molecule has 29 heavy (non-hydrogen) atoms. The number of hydrogen-bond acceptors (Lipinski definition) is 4. The van der Waals surface area contributed by atoms with E-state index in [1.54, 1.807) is 6.20 Å². The van der Waals surface area contributed by atoms with Gasteiger partial charge in [-0.3, -0.25) is 9.48 Å². The summed E-state index contributed by atoms with van der Waals surface area (Å²) in [6.45, 7) is 3.18. The number of para-hydroxylation sites is 1. The third kappa shape index (κ3) is 4.92. The van der Waals surface area contributed by atoms with Crippen LogP contribution in [0.15, 0.2) is 78.4 Å². The van der Waals surface area contributed by atoms with Gasteiger partial charge < -0.3 is 10.1 Å². The van der Waals surface area contributed by atoms with E-state index in [-0.39, 0.29) is 5.91 Å². The number of aryl methyl sites for hydroxylation is 1. The Kier molecular flexibility index (Phi) is 5.72. The van der Waals surface area contributed by atoms with Crippen LogP contribution in [0, 0.1) is 6.92 Å². The predicted molar refractivity (Wildman–Crippen MR) is 116 cm³/mol. The molecule has 2 aromatic heterocycles. The van der Waals surface area contributed by atoms with Crippen LogP contribution in [0.1, 0.15) is 26.4 Å². The van der Waals surface area contributed by atoms with Gasteiger partial charge in [0.2, 0.25) is 0 Å². The Morgan fingerprint density at radius 3 is 2.76 bits per heavy atom. The second-order valence-corrected chi connectivity index (χ2v) is 7.64. The van der Waals surface area contributed by atoms with Gasteiger partial charge in [0.05, 0.1) is 23.3 Å². The minimum absolute atomic E-state index is 0.142. The number of carbonyl (C=O) groups excluding carboxylic acids is 1. The first-order valence-electron chi connectivity index (χ1n) is 9.31. The van der Waals surface area contributed by atoms with Gasteiger partial charge >= 0.3 is 0 Å². The Morgan fingerprint density at radius 1 is 1.14 bits per heavy atom. The topological polar surface area (TPSA) is 56.2 Å². The molecule has 146 valence electrons. The lowest BCUT2D eigenvalue weighted by Gasteiger charge is -2.05. The number of anilines is 1. The molecule has 6 heteroatoms. The van der Waals surface area contributed by atoms with E-state index in [0.717, 1.165) is 11.3 Å². The van der Waals surface area contributed by atoms with Gasteiger partial charge in [-0.25, -0.2) is 0 Å². The number of nitrogens with one attached hydrogen (secondary N) is 1. The van der Waals surface area contributed by atoms with Gasteiger partial charge in [0.25, 0.3) is 5.91 Å². The fourth-order valence-corrected chi connectivity index (χ4v) is 3.71. The summed E-state index contributed by atoms with van der Waals surface area (Å²) in [6.07, 6.45) is 3.51. The maximum atomic E-state index is 12.5. The summed E-state index contributed by atoms with van der Waals surface area (Å²) in [6, 6.07) is 19.7. The van der Waals surface area contributed by atoms with Crippen molar-refractivity contribution in [3.8, 4) is 5.75 Å². The van der Waals surface area contributed by atoms with Crippen LogP contribution in [0.5, 0.6) is 5.75 Å². The smallest absolute Gasteiger partial charge is 0.265 e. The molecule has 1 N–H and O–H groups in total. The summed E-state index contributed by atoms with van der Waals surface area (Å²) < 4.78 is 7.56. The number of hydrogen-bond donors (Lipinski definition) is 1. The first-order chi connectivity index (χ1) is 14.2. The minimum atomic E-state index is -0.142. The maximum Gasteiger partial charge on any atom is 0.265 e. The fraction of sp³-hybridized carbons (Fsp3) is 0.130. The zero-order valence-electron chi connectivity index (χ0n) is 16.0. The maximum absolute atomic E-state index is 12.5. The van der Waals surface area contributed by atoms with Crippen molar-refractivity contribution in [2.45, 2.75) is 20.1 Å². The Morgan fingerprint density at radius 2 is 1.93 bits per heavy atom. The Labute approximate surface area is 173 Å². The van der Waals surface area contributed by atoms with E-state index in [1.807, 2.05) is 64.8 Å². The predicted octanol–water partition coefficient (Wildman–Crippen LogP) is 5.13. The standard InChI is InChI=1S/C23H21N3O2S/c1-17-7-5-6-8-19(17)13-26-14-20(12-24-26)25-23(27)22-11-18(16-29-22)15-28-21-9-3-2-4-10-21/h2-12,14,16H,13,15H2,1H3,(H,25,27). The van der Waals surface area contributed by atoms with E-state index >= 15 is 0 Å². The lowest BCUT2D eigenvalue weighted by molar-refractivity contribution is 0.103. The van der Waals surface area contributed by atoms with Gasteiger partial charge in [-0.15, -0.1) is 11.3 Å². The van der Waals surface area contributed by atoms with Gasteiger partial charge in [-0.2, -0.15) is 5.10 Å².